The molecule has 2 aromatic rings. The molecule has 0 radical (unpaired) electrons. The van der Waals surface area contributed by atoms with Crippen molar-refractivity contribution in [2.24, 2.45) is 0 Å². The molecule has 5 nitrogen and oxygen atoms in total. The van der Waals surface area contributed by atoms with E-state index in [1.54, 1.807) is 7.11 Å². The highest BCUT2D eigenvalue weighted by Gasteiger charge is 2.13. The molecule has 0 aliphatic heterocycles. The van der Waals surface area contributed by atoms with Gasteiger partial charge in [-0.25, -0.2) is 4.98 Å². The fraction of sp³-hybridized carbons (Fsp3) is 0.412. The zero-order valence-electron chi connectivity index (χ0n) is 13.7. The topological polar surface area (TPSA) is 60.5 Å². The highest BCUT2D eigenvalue weighted by atomic mass is 32.1. The first-order chi connectivity index (χ1) is 11.1. The number of amides is 1. The minimum atomic E-state index is -0.0514. The van der Waals surface area contributed by atoms with Crippen molar-refractivity contribution in [2.45, 2.75) is 26.3 Å². The quantitative estimate of drug-likeness (QED) is 0.806. The Balaban J connectivity index is 2.05. The summed E-state index contributed by atoms with van der Waals surface area (Å²) in [5.41, 5.74) is 1.72. The molecule has 0 fully saturated rings. The van der Waals surface area contributed by atoms with E-state index in [9.17, 15) is 4.79 Å². The maximum atomic E-state index is 12.0. The third kappa shape index (κ3) is 5.04. The molecule has 2 rings (SSSR count). The molecule has 1 heterocycles. The number of nitrogens with one attached hydrogen (secondary N) is 1. The Kier molecular flexibility index (Phi) is 6.55. The van der Waals surface area contributed by atoms with Crippen LogP contribution >= 0.6 is 11.3 Å². The Morgan fingerprint density at radius 1 is 1.39 bits per heavy atom. The molecule has 23 heavy (non-hydrogen) atoms. The van der Waals surface area contributed by atoms with Crippen LogP contribution in [-0.2, 0) is 16.0 Å². The standard InChI is InChI=1S/C17H22N2O3S/c1-4-22-15-8-6-5-7-14(15)17-19-13(11-23-17)9-16(20)18-12(2)10-21-3/h5-8,11-12H,4,9-10H2,1-3H3,(H,18,20). The number of hydrogen-bond acceptors (Lipinski definition) is 5. The van der Waals surface area contributed by atoms with Gasteiger partial charge in [-0.15, -0.1) is 11.3 Å². The van der Waals surface area contributed by atoms with Crippen LogP contribution in [0.5, 0.6) is 5.75 Å². The van der Waals surface area contributed by atoms with Gasteiger partial charge in [-0.05, 0) is 26.0 Å². The number of rotatable bonds is 8. The Hall–Kier alpha value is -1.92. The van der Waals surface area contributed by atoms with Crippen molar-refractivity contribution in [3.8, 4) is 16.3 Å². The molecule has 1 unspecified atom stereocenters. The Labute approximate surface area is 140 Å². The third-order valence-corrected chi connectivity index (χ3v) is 4.06. The van der Waals surface area contributed by atoms with Crippen molar-refractivity contribution in [2.75, 3.05) is 20.3 Å². The van der Waals surface area contributed by atoms with Gasteiger partial charge in [0.1, 0.15) is 10.8 Å². The number of para-hydroxylation sites is 1. The average molecular weight is 334 g/mol. The van der Waals surface area contributed by atoms with Gasteiger partial charge >= 0.3 is 0 Å². The van der Waals surface area contributed by atoms with E-state index >= 15 is 0 Å². The fourth-order valence-corrected chi connectivity index (χ4v) is 3.07. The number of ether oxygens (including phenoxy) is 2. The van der Waals surface area contributed by atoms with Crippen molar-refractivity contribution in [3.05, 3.63) is 35.3 Å². The number of carbonyl (C=O) groups is 1. The van der Waals surface area contributed by atoms with Crippen molar-refractivity contribution in [3.63, 3.8) is 0 Å². The number of benzene rings is 1. The lowest BCUT2D eigenvalue weighted by molar-refractivity contribution is -0.121. The zero-order valence-corrected chi connectivity index (χ0v) is 14.5. The van der Waals surface area contributed by atoms with Crippen molar-refractivity contribution < 1.29 is 14.3 Å². The molecule has 0 bridgehead atoms. The maximum absolute atomic E-state index is 12.0. The second kappa shape index (κ2) is 8.64. The number of hydrogen-bond donors (Lipinski definition) is 1. The van der Waals surface area contributed by atoms with Crippen LogP contribution in [0, 0.1) is 0 Å². The van der Waals surface area contributed by atoms with Crippen molar-refractivity contribution >= 4 is 17.2 Å². The van der Waals surface area contributed by atoms with E-state index in [1.165, 1.54) is 11.3 Å². The largest absolute Gasteiger partial charge is 0.493 e. The van der Waals surface area contributed by atoms with Crippen LogP contribution in [0.15, 0.2) is 29.6 Å². The van der Waals surface area contributed by atoms with E-state index < -0.39 is 0 Å². The first-order valence-corrected chi connectivity index (χ1v) is 8.47. The zero-order chi connectivity index (χ0) is 16.7. The average Bonchev–Trinajstić information content (AvgIpc) is 2.96. The molecule has 124 valence electrons. The highest BCUT2D eigenvalue weighted by Crippen LogP contribution is 2.32. The lowest BCUT2D eigenvalue weighted by atomic mass is 10.2. The minimum Gasteiger partial charge on any atom is -0.493 e. The summed E-state index contributed by atoms with van der Waals surface area (Å²) in [5.74, 6) is 0.763. The first kappa shape index (κ1) is 17.4. The molecule has 0 aliphatic carbocycles. The van der Waals surface area contributed by atoms with Gasteiger partial charge in [0.2, 0.25) is 5.91 Å². The summed E-state index contributed by atoms with van der Waals surface area (Å²) in [4.78, 5) is 16.5. The van der Waals surface area contributed by atoms with E-state index in [1.807, 2.05) is 43.5 Å². The van der Waals surface area contributed by atoms with Gasteiger partial charge in [0.25, 0.3) is 0 Å². The molecule has 0 aliphatic rings. The SMILES string of the molecule is CCOc1ccccc1-c1nc(CC(=O)NC(C)COC)cs1. The monoisotopic (exact) mass is 334 g/mol. The van der Waals surface area contributed by atoms with E-state index in [0.29, 0.717) is 13.2 Å². The first-order valence-electron chi connectivity index (χ1n) is 7.59. The van der Waals surface area contributed by atoms with Crippen LogP contribution in [0.1, 0.15) is 19.5 Å². The van der Waals surface area contributed by atoms with Crippen LogP contribution in [0.2, 0.25) is 0 Å². The molecule has 1 aromatic carbocycles. The van der Waals surface area contributed by atoms with E-state index in [4.69, 9.17) is 9.47 Å². The van der Waals surface area contributed by atoms with Crippen LogP contribution in [-0.4, -0.2) is 37.3 Å². The molecule has 1 N–H and O–H groups in total. The van der Waals surface area contributed by atoms with Crippen LogP contribution in [0.25, 0.3) is 10.6 Å². The second-order valence-corrected chi connectivity index (χ2v) is 6.03. The maximum Gasteiger partial charge on any atom is 0.226 e. The predicted molar refractivity (Wildman–Crippen MR) is 91.9 cm³/mol. The van der Waals surface area contributed by atoms with Gasteiger partial charge in [-0.2, -0.15) is 0 Å². The van der Waals surface area contributed by atoms with E-state index in [2.05, 4.69) is 10.3 Å². The number of aromatic nitrogens is 1. The summed E-state index contributed by atoms with van der Waals surface area (Å²) in [6.45, 7) is 4.96. The van der Waals surface area contributed by atoms with E-state index in [-0.39, 0.29) is 18.4 Å². The van der Waals surface area contributed by atoms with Gasteiger partial charge < -0.3 is 14.8 Å². The summed E-state index contributed by atoms with van der Waals surface area (Å²) in [6, 6.07) is 7.79. The number of carbonyl (C=O) groups excluding carboxylic acids is 1. The summed E-state index contributed by atoms with van der Waals surface area (Å²) in [7, 11) is 1.62. The van der Waals surface area contributed by atoms with E-state index in [0.717, 1.165) is 22.0 Å². The van der Waals surface area contributed by atoms with Crippen molar-refractivity contribution in [1.29, 1.82) is 0 Å². The molecule has 0 spiro atoms. The molecular weight excluding hydrogens is 312 g/mol. The molecule has 0 saturated carbocycles. The van der Waals surface area contributed by atoms with Gasteiger partial charge in [0, 0.05) is 18.5 Å². The number of nitrogens with zero attached hydrogens (tertiary/aromatic N) is 1. The third-order valence-electron chi connectivity index (χ3n) is 3.13. The second-order valence-electron chi connectivity index (χ2n) is 5.17. The van der Waals surface area contributed by atoms with Crippen LogP contribution in [0.4, 0.5) is 0 Å². The van der Waals surface area contributed by atoms with Crippen LogP contribution < -0.4 is 10.1 Å². The summed E-state index contributed by atoms with van der Waals surface area (Å²) < 4.78 is 10.6. The van der Waals surface area contributed by atoms with Crippen molar-refractivity contribution in [1.82, 2.24) is 10.3 Å². The summed E-state index contributed by atoms with van der Waals surface area (Å²) in [6.07, 6.45) is 0.265. The molecular formula is C17H22N2O3S. The molecule has 1 atom stereocenters. The molecule has 0 saturated heterocycles. The lowest BCUT2D eigenvalue weighted by Gasteiger charge is -2.11. The molecule has 1 aromatic heterocycles. The fourth-order valence-electron chi connectivity index (χ4n) is 2.22. The predicted octanol–water partition coefficient (Wildman–Crippen LogP) is 2.90. The Morgan fingerprint density at radius 2 is 2.17 bits per heavy atom. The lowest BCUT2D eigenvalue weighted by Crippen LogP contribution is -2.36. The van der Waals surface area contributed by atoms with Gasteiger partial charge in [-0.3, -0.25) is 4.79 Å². The molecule has 6 heteroatoms. The van der Waals surface area contributed by atoms with Gasteiger partial charge in [0.15, 0.2) is 0 Å². The summed E-state index contributed by atoms with van der Waals surface area (Å²) >= 11 is 1.52. The number of methoxy groups -OCH3 is 1. The normalized spacial score (nSPS) is 12.0. The molecule has 1 amide bonds. The van der Waals surface area contributed by atoms with Gasteiger partial charge in [0.05, 0.1) is 30.9 Å². The van der Waals surface area contributed by atoms with Gasteiger partial charge in [-0.1, -0.05) is 12.1 Å². The Morgan fingerprint density at radius 3 is 2.91 bits per heavy atom. The highest BCUT2D eigenvalue weighted by molar-refractivity contribution is 7.13. The number of thiazole rings is 1. The summed E-state index contributed by atoms with van der Waals surface area (Å²) in [5, 5.41) is 5.66. The Bertz CT molecular complexity index is 642. The minimum absolute atomic E-state index is 0.00992. The smallest absolute Gasteiger partial charge is 0.226 e. The van der Waals surface area contributed by atoms with Crippen LogP contribution in [0.3, 0.4) is 0 Å².